The Hall–Kier alpha value is -3.16. The van der Waals surface area contributed by atoms with E-state index in [1.807, 2.05) is 30.3 Å². The van der Waals surface area contributed by atoms with Crippen LogP contribution >= 0.6 is 0 Å². The minimum absolute atomic E-state index is 0.0479. The Morgan fingerprint density at radius 2 is 1.44 bits per heavy atom. The maximum Gasteiger partial charge on any atom is 0.328 e. The lowest BCUT2D eigenvalue weighted by Crippen LogP contribution is -2.42. The quantitative estimate of drug-likeness (QED) is 0.113. The molecule has 1 atom stereocenters. The van der Waals surface area contributed by atoms with Crippen LogP contribution in [-0.2, 0) is 35.3 Å². The molecule has 0 bridgehead atoms. The molecule has 2 N–H and O–H groups in total. The molecule has 8 nitrogen and oxygen atoms in total. The number of esters is 2. The van der Waals surface area contributed by atoms with Crippen molar-refractivity contribution in [2.75, 3.05) is 13.2 Å². The maximum absolute atomic E-state index is 12.1. The molecule has 8 heteroatoms. The van der Waals surface area contributed by atoms with Gasteiger partial charge in [0.05, 0.1) is 6.61 Å². The summed E-state index contributed by atoms with van der Waals surface area (Å²) < 4.78 is 10.3. The van der Waals surface area contributed by atoms with Crippen LogP contribution in [0.25, 0.3) is 0 Å². The number of carbonyl (C=O) groups is 4. The average Bonchev–Trinajstić information content (AvgIpc) is 2.92. The predicted octanol–water partition coefficient (Wildman–Crippen LogP) is 5.54. The van der Waals surface area contributed by atoms with Crippen LogP contribution in [0, 0.1) is 0 Å². The SMILES string of the molecule is C=C(C)C(=O)NC(CCCCNC(=O)CCCCCCCCCCC(=O)OCc1ccccc1)C(=O)OCC. The first-order valence-corrected chi connectivity index (χ1v) is 14.4. The van der Waals surface area contributed by atoms with Crippen molar-refractivity contribution in [2.24, 2.45) is 0 Å². The third-order valence-corrected chi connectivity index (χ3v) is 6.28. The molecule has 0 radical (unpaired) electrons. The molecule has 39 heavy (non-hydrogen) atoms. The highest BCUT2D eigenvalue weighted by atomic mass is 16.5. The summed E-state index contributed by atoms with van der Waals surface area (Å²) in [5.41, 5.74) is 1.34. The summed E-state index contributed by atoms with van der Waals surface area (Å²) in [6.45, 7) is 8.04. The lowest BCUT2D eigenvalue weighted by Gasteiger charge is -2.17. The molecule has 0 aliphatic rings. The largest absolute Gasteiger partial charge is 0.464 e. The topological polar surface area (TPSA) is 111 Å². The summed E-state index contributed by atoms with van der Waals surface area (Å²) in [6.07, 6.45) is 11.1. The fraction of sp³-hybridized carbons (Fsp3) is 0.613. The minimum atomic E-state index is -0.703. The molecule has 0 heterocycles. The van der Waals surface area contributed by atoms with Crippen molar-refractivity contribution in [2.45, 2.75) is 110 Å². The van der Waals surface area contributed by atoms with Gasteiger partial charge in [0.25, 0.3) is 0 Å². The average molecular weight is 545 g/mol. The lowest BCUT2D eigenvalue weighted by molar-refractivity contribution is -0.147. The van der Waals surface area contributed by atoms with Crippen LogP contribution in [0.1, 0.15) is 103 Å². The summed E-state index contributed by atoms with van der Waals surface area (Å²) in [5, 5.41) is 5.58. The van der Waals surface area contributed by atoms with E-state index < -0.39 is 12.0 Å². The van der Waals surface area contributed by atoms with Crippen molar-refractivity contribution < 1.29 is 28.7 Å². The Kier molecular flexibility index (Phi) is 18.9. The van der Waals surface area contributed by atoms with E-state index in [-0.39, 0.29) is 24.4 Å². The van der Waals surface area contributed by atoms with Crippen molar-refractivity contribution >= 4 is 23.8 Å². The Morgan fingerprint density at radius 3 is 2.05 bits per heavy atom. The van der Waals surface area contributed by atoms with E-state index in [0.717, 1.165) is 63.4 Å². The molecule has 0 aromatic heterocycles. The molecule has 0 saturated heterocycles. The summed E-state index contributed by atoms with van der Waals surface area (Å²) >= 11 is 0. The van der Waals surface area contributed by atoms with Gasteiger partial charge in [0.15, 0.2) is 0 Å². The van der Waals surface area contributed by atoms with Crippen LogP contribution in [0.3, 0.4) is 0 Å². The molecule has 0 spiro atoms. The van der Waals surface area contributed by atoms with Gasteiger partial charge in [-0.05, 0) is 51.5 Å². The van der Waals surface area contributed by atoms with Crippen LogP contribution in [0.15, 0.2) is 42.5 Å². The molecular formula is C31H48N2O6. The Labute approximate surface area is 234 Å². The predicted molar refractivity (Wildman–Crippen MR) is 153 cm³/mol. The summed E-state index contributed by atoms with van der Waals surface area (Å²) in [7, 11) is 0. The van der Waals surface area contributed by atoms with Gasteiger partial charge in [-0.2, -0.15) is 0 Å². The highest BCUT2D eigenvalue weighted by molar-refractivity contribution is 5.95. The molecule has 0 aliphatic heterocycles. The van der Waals surface area contributed by atoms with Gasteiger partial charge in [0.2, 0.25) is 11.8 Å². The van der Waals surface area contributed by atoms with Crippen LogP contribution in [0.5, 0.6) is 0 Å². The van der Waals surface area contributed by atoms with Crippen LogP contribution < -0.4 is 10.6 Å². The lowest BCUT2D eigenvalue weighted by atomic mass is 10.1. The summed E-state index contributed by atoms with van der Waals surface area (Å²) in [4.78, 5) is 47.8. The standard InChI is InChI=1S/C31H48N2O6/c1-4-38-31(37)27(33-30(36)25(2)3)20-16-17-23-32-28(34)21-14-9-7-5-6-8-10-15-22-29(35)39-24-26-18-12-11-13-19-26/h11-13,18-19,27H,2,4-10,14-17,20-24H2,1,3H3,(H,32,34)(H,33,36). The van der Waals surface area contributed by atoms with Crippen molar-refractivity contribution in [1.29, 1.82) is 0 Å². The molecule has 2 amide bonds. The van der Waals surface area contributed by atoms with Crippen LogP contribution in [0.2, 0.25) is 0 Å². The number of unbranched alkanes of at least 4 members (excludes halogenated alkanes) is 8. The zero-order valence-corrected chi connectivity index (χ0v) is 23.9. The molecular weight excluding hydrogens is 496 g/mol. The Bertz CT molecular complexity index is 871. The third-order valence-electron chi connectivity index (χ3n) is 6.28. The van der Waals surface area contributed by atoms with Gasteiger partial charge >= 0.3 is 11.9 Å². The molecule has 1 aromatic rings. The monoisotopic (exact) mass is 544 g/mol. The first-order chi connectivity index (χ1) is 18.8. The minimum Gasteiger partial charge on any atom is -0.464 e. The first kappa shape index (κ1) is 33.9. The second-order valence-electron chi connectivity index (χ2n) is 9.88. The van der Waals surface area contributed by atoms with E-state index in [1.165, 1.54) is 0 Å². The van der Waals surface area contributed by atoms with Gasteiger partial charge in [-0.3, -0.25) is 14.4 Å². The number of hydrogen-bond donors (Lipinski definition) is 2. The summed E-state index contributed by atoms with van der Waals surface area (Å²) in [5.74, 6) is -0.898. The molecule has 0 saturated carbocycles. The van der Waals surface area contributed by atoms with Gasteiger partial charge in [0.1, 0.15) is 12.6 Å². The number of amides is 2. The van der Waals surface area contributed by atoms with Crippen molar-refractivity contribution in [3.05, 3.63) is 48.0 Å². The summed E-state index contributed by atoms with van der Waals surface area (Å²) in [6, 6.07) is 9.00. The van der Waals surface area contributed by atoms with E-state index in [4.69, 9.17) is 9.47 Å². The number of nitrogens with one attached hydrogen (secondary N) is 2. The second-order valence-corrected chi connectivity index (χ2v) is 9.88. The van der Waals surface area contributed by atoms with Gasteiger partial charge < -0.3 is 20.1 Å². The fourth-order valence-corrected chi connectivity index (χ4v) is 3.99. The number of carbonyl (C=O) groups excluding carboxylic acids is 4. The highest BCUT2D eigenvalue weighted by Gasteiger charge is 2.21. The van der Waals surface area contributed by atoms with E-state index >= 15 is 0 Å². The van der Waals surface area contributed by atoms with E-state index in [1.54, 1.807) is 13.8 Å². The highest BCUT2D eigenvalue weighted by Crippen LogP contribution is 2.12. The van der Waals surface area contributed by atoms with Crippen molar-refractivity contribution in [3.63, 3.8) is 0 Å². The van der Waals surface area contributed by atoms with Crippen molar-refractivity contribution in [3.8, 4) is 0 Å². The van der Waals surface area contributed by atoms with E-state index in [9.17, 15) is 19.2 Å². The molecule has 0 aliphatic carbocycles. The Morgan fingerprint density at radius 1 is 0.821 bits per heavy atom. The van der Waals surface area contributed by atoms with Crippen LogP contribution in [0.4, 0.5) is 0 Å². The fourth-order valence-electron chi connectivity index (χ4n) is 3.99. The molecule has 1 unspecified atom stereocenters. The molecule has 218 valence electrons. The number of benzene rings is 1. The van der Waals surface area contributed by atoms with Gasteiger partial charge in [-0.1, -0.05) is 75.4 Å². The van der Waals surface area contributed by atoms with E-state index in [2.05, 4.69) is 17.2 Å². The smallest absolute Gasteiger partial charge is 0.328 e. The van der Waals surface area contributed by atoms with Crippen molar-refractivity contribution in [1.82, 2.24) is 10.6 Å². The maximum atomic E-state index is 12.1. The normalized spacial score (nSPS) is 11.3. The zero-order valence-electron chi connectivity index (χ0n) is 23.9. The number of hydrogen-bond acceptors (Lipinski definition) is 6. The molecule has 1 rings (SSSR count). The first-order valence-electron chi connectivity index (χ1n) is 14.4. The van der Waals surface area contributed by atoms with Gasteiger partial charge in [-0.25, -0.2) is 4.79 Å². The number of rotatable bonds is 22. The van der Waals surface area contributed by atoms with E-state index in [0.29, 0.717) is 44.4 Å². The Balaban J connectivity index is 1.97. The third kappa shape index (κ3) is 17.9. The number of ether oxygens (including phenoxy) is 2. The zero-order chi connectivity index (χ0) is 28.7. The van der Waals surface area contributed by atoms with Gasteiger partial charge in [-0.15, -0.1) is 0 Å². The molecule has 0 fully saturated rings. The second kappa shape index (κ2) is 21.7. The van der Waals surface area contributed by atoms with Crippen LogP contribution in [-0.4, -0.2) is 42.9 Å². The molecule has 1 aromatic carbocycles. The van der Waals surface area contributed by atoms with Gasteiger partial charge in [0, 0.05) is 25.0 Å².